The maximum Gasteiger partial charge on any atom is 2.00 e. The van der Waals surface area contributed by atoms with Gasteiger partial charge in [-0.05, 0) is 42.5 Å². The van der Waals surface area contributed by atoms with Gasteiger partial charge in [-0.3, -0.25) is 4.98 Å². The van der Waals surface area contributed by atoms with Crippen molar-refractivity contribution in [3.8, 4) is 33.6 Å². The molecule has 0 aliphatic rings. The van der Waals surface area contributed by atoms with Crippen molar-refractivity contribution >= 4 is 54.9 Å². The largest absolute Gasteiger partial charge is 2.00 e. The van der Waals surface area contributed by atoms with Crippen LogP contribution in [0.3, 0.4) is 0 Å². The molecule has 9 aromatic rings. The van der Waals surface area contributed by atoms with Gasteiger partial charge in [0.2, 0.25) is 0 Å². The van der Waals surface area contributed by atoms with Gasteiger partial charge in [0.05, 0.1) is 16.7 Å². The number of hydrogen-bond donors (Lipinski definition) is 0. The fourth-order valence-corrected chi connectivity index (χ4v) is 7.28. The Balaban J connectivity index is 0.00000324. The van der Waals surface area contributed by atoms with E-state index in [0.717, 1.165) is 43.9 Å². The average molecular weight is 806 g/mol. The number of aromatic nitrogens is 4. The van der Waals surface area contributed by atoms with E-state index in [4.69, 9.17) is 9.72 Å². The Morgan fingerprint density at radius 3 is 2.13 bits per heavy atom. The standard InChI is InChI=1S/C40H26N4OS.Pt/c1-25-8-5-13-33-34-14-6-9-26(2)39(34)43(38(25)33)28-18-19-41-37(23-28)44-35-15-4-3-12-31(35)32-17-16-30(24-36(32)44)45-29-11-7-10-27(22-29)40-42-20-21-46-40;/h3-21,23H,1-2H3;/q-2;+2. The van der Waals surface area contributed by atoms with E-state index in [2.05, 4.69) is 119 Å². The van der Waals surface area contributed by atoms with Crippen molar-refractivity contribution in [2.45, 2.75) is 13.8 Å². The Labute approximate surface area is 290 Å². The number of pyridine rings is 1. The molecule has 5 nitrogen and oxygen atoms in total. The molecule has 0 saturated heterocycles. The molecule has 0 unspecified atom stereocenters. The second-order valence-electron chi connectivity index (χ2n) is 11.5. The van der Waals surface area contributed by atoms with Crippen molar-refractivity contribution in [3.63, 3.8) is 0 Å². The quantitative estimate of drug-likeness (QED) is 0.163. The van der Waals surface area contributed by atoms with Crippen LogP contribution in [-0.4, -0.2) is 19.1 Å². The maximum absolute atomic E-state index is 6.35. The number of ether oxygens (including phenoxy) is 1. The minimum Gasteiger partial charge on any atom is -0.503 e. The SMILES string of the molecule is Cc1cccc2c3cccc(C)c3n(-c3ccnc(-n4c5[c-]c(Oc6[c-]c(-c7nccs7)ccc6)ccc5c5ccccc54)c3)c12.[Pt+2]. The van der Waals surface area contributed by atoms with Crippen LogP contribution in [0.4, 0.5) is 0 Å². The summed E-state index contributed by atoms with van der Waals surface area (Å²) in [6, 6.07) is 42.7. The van der Waals surface area contributed by atoms with Crippen LogP contribution in [0.15, 0.2) is 121 Å². The van der Waals surface area contributed by atoms with Crippen LogP contribution in [0.2, 0.25) is 0 Å². The summed E-state index contributed by atoms with van der Waals surface area (Å²) in [5.74, 6) is 2.03. The average Bonchev–Trinajstić information content (AvgIpc) is 3.82. The molecular formula is C40H26N4OPtS. The molecule has 0 aliphatic carbocycles. The monoisotopic (exact) mass is 805 g/mol. The molecule has 4 aromatic heterocycles. The van der Waals surface area contributed by atoms with Crippen molar-refractivity contribution in [2.75, 3.05) is 0 Å². The third kappa shape index (κ3) is 4.79. The molecule has 228 valence electrons. The summed E-state index contributed by atoms with van der Waals surface area (Å²) in [5.41, 5.74) is 8.80. The van der Waals surface area contributed by atoms with Crippen LogP contribution in [0.25, 0.3) is 65.7 Å². The van der Waals surface area contributed by atoms with E-state index < -0.39 is 0 Å². The van der Waals surface area contributed by atoms with Gasteiger partial charge in [-0.15, -0.1) is 41.3 Å². The Morgan fingerprint density at radius 2 is 1.36 bits per heavy atom. The number of hydrogen-bond acceptors (Lipinski definition) is 4. The Hall–Kier alpha value is -5.03. The van der Waals surface area contributed by atoms with Gasteiger partial charge in [-0.2, -0.15) is 17.4 Å². The summed E-state index contributed by atoms with van der Waals surface area (Å²) < 4.78 is 10.9. The van der Waals surface area contributed by atoms with Crippen LogP contribution in [-0.2, 0) is 21.1 Å². The van der Waals surface area contributed by atoms with Crippen molar-refractivity contribution in [3.05, 3.63) is 144 Å². The first kappa shape index (κ1) is 29.4. The van der Waals surface area contributed by atoms with Crippen LogP contribution < -0.4 is 4.74 Å². The van der Waals surface area contributed by atoms with E-state index in [-0.39, 0.29) is 21.1 Å². The van der Waals surface area contributed by atoms with E-state index in [1.165, 1.54) is 32.9 Å². The fourth-order valence-electron chi connectivity index (χ4n) is 6.66. The second-order valence-corrected chi connectivity index (χ2v) is 12.3. The van der Waals surface area contributed by atoms with Gasteiger partial charge >= 0.3 is 21.1 Å². The number of nitrogens with zero attached hydrogens (tertiary/aromatic N) is 4. The van der Waals surface area contributed by atoms with Crippen molar-refractivity contribution < 1.29 is 25.8 Å². The molecule has 0 bridgehead atoms. The van der Waals surface area contributed by atoms with E-state index in [9.17, 15) is 0 Å². The topological polar surface area (TPSA) is 44.9 Å². The van der Waals surface area contributed by atoms with Crippen molar-refractivity contribution in [1.82, 2.24) is 19.1 Å². The second kappa shape index (κ2) is 11.6. The smallest absolute Gasteiger partial charge is 0.503 e. The molecule has 9 rings (SSSR count). The molecule has 5 aromatic carbocycles. The predicted molar refractivity (Wildman–Crippen MR) is 188 cm³/mol. The summed E-state index contributed by atoms with van der Waals surface area (Å²) in [6.45, 7) is 4.37. The number of aryl methyl sites for hydroxylation is 2. The fraction of sp³-hybridized carbons (Fsp3) is 0.0500. The molecule has 0 atom stereocenters. The van der Waals surface area contributed by atoms with Crippen LogP contribution in [0, 0.1) is 26.0 Å². The Kier molecular flexibility index (Phi) is 7.28. The van der Waals surface area contributed by atoms with Gasteiger partial charge in [-0.25, -0.2) is 4.98 Å². The molecule has 7 heteroatoms. The van der Waals surface area contributed by atoms with E-state index in [1.54, 1.807) is 17.5 Å². The van der Waals surface area contributed by atoms with Gasteiger partial charge in [0, 0.05) is 56.6 Å². The minimum absolute atomic E-state index is 0. The predicted octanol–water partition coefficient (Wildman–Crippen LogP) is 10.4. The molecule has 47 heavy (non-hydrogen) atoms. The Morgan fingerprint density at radius 1 is 0.638 bits per heavy atom. The molecule has 0 amide bonds. The summed E-state index contributed by atoms with van der Waals surface area (Å²) >= 11 is 1.58. The number of benzene rings is 5. The maximum atomic E-state index is 6.35. The normalized spacial score (nSPS) is 11.4. The third-order valence-electron chi connectivity index (χ3n) is 8.64. The summed E-state index contributed by atoms with van der Waals surface area (Å²) in [5, 5.41) is 7.58. The summed E-state index contributed by atoms with van der Waals surface area (Å²) in [7, 11) is 0. The van der Waals surface area contributed by atoms with Crippen molar-refractivity contribution in [2.24, 2.45) is 0 Å². The first-order chi connectivity index (χ1) is 22.6. The van der Waals surface area contributed by atoms with Gasteiger partial charge in [0.1, 0.15) is 5.82 Å². The number of fused-ring (bicyclic) bond motifs is 6. The van der Waals surface area contributed by atoms with Gasteiger partial charge < -0.3 is 13.9 Å². The Bertz CT molecular complexity index is 2540. The van der Waals surface area contributed by atoms with Gasteiger partial charge in [0.15, 0.2) is 0 Å². The summed E-state index contributed by atoms with van der Waals surface area (Å²) in [6.07, 6.45) is 3.70. The molecule has 0 N–H and O–H groups in total. The molecule has 0 aliphatic heterocycles. The van der Waals surface area contributed by atoms with E-state index in [1.807, 2.05) is 35.8 Å². The van der Waals surface area contributed by atoms with Gasteiger partial charge in [0.25, 0.3) is 0 Å². The molecule has 4 heterocycles. The zero-order valence-electron chi connectivity index (χ0n) is 25.5. The van der Waals surface area contributed by atoms with Crippen LogP contribution in [0.1, 0.15) is 11.1 Å². The van der Waals surface area contributed by atoms with Gasteiger partial charge in [-0.1, -0.05) is 66.2 Å². The van der Waals surface area contributed by atoms with E-state index in [0.29, 0.717) is 11.5 Å². The third-order valence-corrected chi connectivity index (χ3v) is 9.44. The number of thiazole rings is 1. The minimum atomic E-state index is 0. The summed E-state index contributed by atoms with van der Waals surface area (Å²) in [4.78, 5) is 9.35. The first-order valence-electron chi connectivity index (χ1n) is 15.2. The number of rotatable bonds is 5. The molecule has 0 fully saturated rings. The zero-order valence-corrected chi connectivity index (χ0v) is 28.6. The molecule has 0 radical (unpaired) electrons. The number of para-hydroxylation sites is 3. The molecular weight excluding hydrogens is 780 g/mol. The molecule has 0 saturated carbocycles. The molecule has 0 spiro atoms. The van der Waals surface area contributed by atoms with Crippen LogP contribution >= 0.6 is 11.3 Å². The van der Waals surface area contributed by atoms with Crippen molar-refractivity contribution in [1.29, 1.82) is 0 Å². The first-order valence-corrected chi connectivity index (χ1v) is 16.0. The van der Waals surface area contributed by atoms with E-state index >= 15 is 0 Å². The zero-order chi connectivity index (χ0) is 30.8. The van der Waals surface area contributed by atoms with Crippen LogP contribution in [0.5, 0.6) is 11.5 Å².